The molecule has 1 aromatic carbocycles. The molecule has 0 radical (unpaired) electrons. The topological polar surface area (TPSA) is 90.3 Å². The van der Waals surface area contributed by atoms with E-state index < -0.39 is 15.7 Å². The van der Waals surface area contributed by atoms with Crippen molar-refractivity contribution in [2.45, 2.75) is 31.7 Å². The highest BCUT2D eigenvalue weighted by Gasteiger charge is 2.30. The van der Waals surface area contributed by atoms with Crippen molar-refractivity contribution in [3.63, 3.8) is 0 Å². The molecule has 1 unspecified atom stereocenters. The lowest BCUT2D eigenvalue weighted by atomic mass is 9.95. The van der Waals surface area contributed by atoms with E-state index in [1.807, 2.05) is 11.0 Å². The van der Waals surface area contributed by atoms with Crippen molar-refractivity contribution < 1.29 is 17.6 Å². The lowest BCUT2D eigenvalue weighted by Crippen LogP contribution is -2.47. The van der Waals surface area contributed by atoms with Crippen molar-refractivity contribution >= 4 is 21.4 Å². The second-order valence-electron chi connectivity index (χ2n) is 7.00. The Morgan fingerprint density at radius 3 is 2.62 bits per heavy atom. The summed E-state index contributed by atoms with van der Waals surface area (Å²) in [6.45, 7) is 1.09. The SMILES string of the molecule is N#Cc1ccc(N2CCC(C(=O)NC3CCCS(=O)(=O)C3)CC2)c(F)c1. The van der Waals surface area contributed by atoms with E-state index in [1.54, 1.807) is 12.1 Å². The fourth-order valence-corrected chi connectivity index (χ4v) is 5.31. The maximum Gasteiger partial charge on any atom is 0.223 e. The van der Waals surface area contributed by atoms with Gasteiger partial charge in [-0.15, -0.1) is 0 Å². The van der Waals surface area contributed by atoms with Crippen LogP contribution in [0.25, 0.3) is 0 Å². The molecule has 0 aliphatic carbocycles. The second kappa shape index (κ2) is 7.62. The van der Waals surface area contributed by atoms with Gasteiger partial charge in [0.25, 0.3) is 0 Å². The van der Waals surface area contributed by atoms with Crippen LogP contribution in [-0.4, -0.2) is 45.0 Å². The highest BCUT2D eigenvalue weighted by molar-refractivity contribution is 7.91. The number of nitrogens with zero attached hydrogens (tertiary/aromatic N) is 2. The van der Waals surface area contributed by atoms with Gasteiger partial charge in [0.2, 0.25) is 5.91 Å². The average Bonchev–Trinajstić information content (AvgIpc) is 2.61. The number of hydrogen-bond donors (Lipinski definition) is 1. The Hall–Kier alpha value is -2.14. The van der Waals surface area contributed by atoms with Crippen LogP contribution in [0.15, 0.2) is 18.2 Å². The third-order valence-electron chi connectivity index (χ3n) is 5.09. The summed E-state index contributed by atoms with van der Waals surface area (Å²) in [5.74, 6) is -0.495. The molecule has 6 nitrogen and oxygen atoms in total. The molecule has 3 rings (SSSR count). The molecule has 0 aromatic heterocycles. The smallest absolute Gasteiger partial charge is 0.223 e. The molecule has 0 bridgehead atoms. The van der Waals surface area contributed by atoms with Crippen molar-refractivity contribution in [2.75, 3.05) is 29.5 Å². The Balaban J connectivity index is 1.55. The lowest BCUT2D eigenvalue weighted by Gasteiger charge is -2.34. The van der Waals surface area contributed by atoms with Crippen molar-refractivity contribution in [1.82, 2.24) is 5.32 Å². The van der Waals surface area contributed by atoms with Crippen LogP contribution in [0.2, 0.25) is 0 Å². The van der Waals surface area contributed by atoms with Crippen molar-refractivity contribution in [3.05, 3.63) is 29.6 Å². The number of rotatable bonds is 3. The van der Waals surface area contributed by atoms with Gasteiger partial charge in [0.05, 0.1) is 28.8 Å². The lowest BCUT2D eigenvalue weighted by molar-refractivity contribution is -0.126. The van der Waals surface area contributed by atoms with Gasteiger partial charge < -0.3 is 10.2 Å². The number of sulfone groups is 1. The van der Waals surface area contributed by atoms with E-state index in [4.69, 9.17) is 5.26 Å². The summed E-state index contributed by atoms with van der Waals surface area (Å²) >= 11 is 0. The fraction of sp³-hybridized carbons (Fsp3) is 0.556. The normalized spacial score (nSPS) is 23.2. The first kappa shape index (κ1) is 18.6. The molecule has 26 heavy (non-hydrogen) atoms. The van der Waals surface area contributed by atoms with E-state index in [2.05, 4.69) is 5.32 Å². The maximum atomic E-state index is 14.1. The zero-order valence-corrected chi connectivity index (χ0v) is 15.3. The monoisotopic (exact) mass is 379 g/mol. The van der Waals surface area contributed by atoms with E-state index >= 15 is 0 Å². The molecule has 2 heterocycles. The van der Waals surface area contributed by atoms with Crippen molar-refractivity contribution in [2.24, 2.45) is 5.92 Å². The van der Waals surface area contributed by atoms with E-state index in [9.17, 15) is 17.6 Å². The number of hydrogen-bond acceptors (Lipinski definition) is 5. The predicted octanol–water partition coefficient (Wildman–Crippen LogP) is 1.61. The first-order chi connectivity index (χ1) is 12.4. The fourth-order valence-electron chi connectivity index (χ4n) is 3.67. The quantitative estimate of drug-likeness (QED) is 0.862. The van der Waals surface area contributed by atoms with Crippen LogP contribution in [0.4, 0.5) is 10.1 Å². The number of carbonyl (C=O) groups is 1. The molecule has 2 fully saturated rings. The van der Waals surface area contributed by atoms with Crippen LogP contribution < -0.4 is 10.2 Å². The molecule has 1 N–H and O–H groups in total. The maximum absolute atomic E-state index is 14.1. The highest BCUT2D eigenvalue weighted by Crippen LogP contribution is 2.26. The minimum absolute atomic E-state index is 0.0219. The standard InChI is InChI=1S/C18H22FN3O3S/c19-16-10-13(11-20)3-4-17(16)22-7-5-14(6-8-22)18(23)21-15-2-1-9-26(24,25)12-15/h3-4,10,14-15H,1-2,5-9,12H2,(H,21,23). The minimum atomic E-state index is -3.05. The van der Waals surface area contributed by atoms with Crippen LogP contribution in [-0.2, 0) is 14.6 Å². The summed E-state index contributed by atoms with van der Waals surface area (Å²) < 4.78 is 37.5. The molecule has 0 spiro atoms. The number of carbonyl (C=O) groups excluding carboxylic acids is 1. The zero-order chi connectivity index (χ0) is 18.7. The molecule has 1 aromatic rings. The van der Waals surface area contributed by atoms with Gasteiger partial charge in [-0.2, -0.15) is 5.26 Å². The van der Waals surface area contributed by atoms with E-state index in [0.29, 0.717) is 44.5 Å². The van der Waals surface area contributed by atoms with Gasteiger partial charge in [-0.25, -0.2) is 12.8 Å². The van der Waals surface area contributed by atoms with Gasteiger partial charge in [0, 0.05) is 25.0 Å². The molecule has 1 amide bonds. The Morgan fingerprint density at radius 2 is 2.00 bits per heavy atom. The van der Waals surface area contributed by atoms with Crippen LogP contribution in [0.3, 0.4) is 0 Å². The Morgan fingerprint density at radius 1 is 1.27 bits per heavy atom. The van der Waals surface area contributed by atoms with E-state index in [-0.39, 0.29) is 34.9 Å². The summed E-state index contributed by atoms with van der Waals surface area (Å²) in [6, 6.07) is 6.02. The summed E-state index contributed by atoms with van der Waals surface area (Å²) in [4.78, 5) is 14.3. The summed E-state index contributed by atoms with van der Waals surface area (Å²) in [5, 5.41) is 11.7. The van der Waals surface area contributed by atoms with Gasteiger partial charge in [0.1, 0.15) is 5.82 Å². The molecule has 2 aliphatic rings. The number of nitriles is 1. The average molecular weight is 379 g/mol. The van der Waals surface area contributed by atoms with Crippen molar-refractivity contribution in [3.8, 4) is 6.07 Å². The molecule has 0 saturated carbocycles. The number of benzene rings is 1. The van der Waals surface area contributed by atoms with Crippen molar-refractivity contribution in [1.29, 1.82) is 5.26 Å². The van der Waals surface area contributed by atoms with Crippen LogP contribution >= 0.6 is 0 Å². The van der Waals surface area contributed by atoms with Crippen LogP contribution in [0.5, 0.6) is 0 Å². The third kappa shape index (κ3) is 4.33. The minimum Gasteiger partial charge on any atom is -0.369 e. The highest BCUT2D eigenvalue weighted by atomic mass is 32.2. The number of halogens is 1. The molecular weight excluding hydrogens is 357 g/mol. The second-order valence-corrected chi connectivity index (χ2v) is 9.23. The summed E-state index contributed by atoms with van der Waals surface area (Å²) in [7, 11) is -3.05. The first-order valence-electron chi connectivity index (χ1n) is 8.83. The Labute approximate surface area is 152 Å². The number of anilines is 1. The molecule has 8 heteroatoms. The van der Waals surface area contributed by atoms with E-state index in [1.165, 1.54) is 6.07 Å². The largest absolute Gasteiger partial charge is 0.369 e. The summed E-state index contributed by atoms with van der Waals surface area (Å²) in [5.41, 5.74) is 0.726. The van der Waals surface area contributed by atoms with Gasteiger partial charge in [0.15, 0.2) is 9.84 Å². The third-order valence-corrected chi connectivity index (χ3v) is 6.91. The summed E-state index contributed by atoms with van der Waals surface area (Å²) in [6.07, 6.45) is 2.46. The van der Waals surface area contributed by atoms with Gasteiger partial charge in [-0.05, 0) is 43.9 Å². The number of amides is 1. The molecule has 1 atom stereocenters. The zero-order valence-electron chi connectivity index (χ0n) is 14.4. The van der Waals surface area contributed by atoms with Crippen LogP contribution in [0, 0.1) is 23.1 Å². The molecular formula is C18H22FN3O3S. The van der Waals surface area contributed by atoms with E-state index in [0.717, 1.165) is 0 Å². The first-order valence-corrected chi connectivity index (χ1v) is 10.7. The van der Waals surface area contributed by atoms with Crippen LogP contribution in [0.1, 0.15) is 31.2 Å². The molecule has 2 saturated heterocycles. The molecule has 2 aliphatic heterocycles. The van der Waals surface area contributed by atoms with Gasteiger partial charge >= 0.3 is 0 Å². The van der Waals surface area contributed by atoms with Gasteiger partial charge in [-0.3, -0.25) is 4.79 Å². The Bertz CT molecular complexity index is 827. The predicted molar refractivity (Wildman–Crippen MR) is 95.9 cm³/mol. The number of nitrogens with one attached hydrogen (secondary N) is 1. The molecule has 140 valence electrons. The number of piperidine rings is 1. The Kier molecular flexibility index (Phi) is 5.47. The van der Waals surface area contributed by atoms with Gasteiger partial charge in [-0.1, -0.05) is 0 Å².